The maximum Gasteiger partial charge on any atom is 0.313 e. The molecule has 1 aromatic heterocycles. The summed E-state index contributed by atoms with van der Waals surface area (Å²) in [5, 5.41) is 3.54. The first kappa shape index (κ1) is 9.46. The normalized spacial score (nSPS) is 7.90. The molecule has 0 aliphatic carbocycles. The highest BCUT2D eigenvalue weighted by Crippen LogP contribution is 1.86. The van der Waals surface area contributed by atoms with E-state index in [-0.39, 0.29) is 0 Å². The average molecular weight is 182 g/mol. The smallest absolute Gasteiger partial charge is 0.313 e. The van der Waals surface area contributed by atoms with Gasteiger partial charge in [-0.1, -0.05) is 5.16 Å². The molecule has 0 bridgehead atoms. The van der Waals surface area contributed by atoms with Gasteiger partial charge in [-0.15, -0.1) is 0 Å². The zero-order chi connectivity index (χ0) is 7.98. The molecule has 0 amide bonds. The first-order valence-corrected chi connectivity index (χ1v) is 3.10. The van der Waals surface area contributed by atoms with E-state index in [4.69, 9.17) is 4.79 Å². The van der Waals surface area contributed by atoms with Crippen LogP contribution in [0.4, 0.5) is 4.79 Å². The van der Waals surface area contributed by atoms with Crippen molar-refractivity contribution in [2.75, 3.05) is 0 Å². The van der Waals surface area contributed by atoms with Crippen molar-refractivity contribution in [1.82, 2.24) is 5.16 Å². The third-order valence-electron chi connectivity index (χ3n) is 0.567. The van der Waals surface area contributed by atoms with E-state index < -0.39 is 4.70 Å². The minimum Gasteiger partial charge on any atom is -0.365 e. The first-order valence-electron chi connectivity index (χ1n) is 2.35. The summed E-state index contributed by atoms with van der Waals surface area (Å²) in [5.74, 6) is 0. The molecule has 3 nitrogen and oxygen atoms in total. The van der Waals surface area contributed by atoms with E-state index in [9.17, 15) is 0 Å². The molecular formula is C5H5Cl2NO2. The molecule has 0 spiro atoms. The van der Waals surface area contributed by atoms with Crippen LogP contribution in [0.1, 0.15) is 5.69 Å². The van der Waals surface area contributed by atoms with E-state index in [1.807, 2.05) is 6.92 Å². The van der Waals surface area contributed by atoms with Crippen molar-refractivity contribution in [2.24, 2.45) is 0 Å². The predicted molar refractivity (Wildman–Crippen MR) is 38.3 cm³/mol. The minimum atomic E-state index is -0.889. The second-order valence-corrected chi connectivity index (χ2v) is 2.25. The van der Waals surface area contributed by atoms with Crippen LogP contribution in [0.3, 0.4) is 0 Å². The Labute approximate surface area is 67.9 Å². The summed E-state index contributed by atoms with van der Waals surface area (Å²) in [7, 11) is 0. The summed E-state index contributed by atoms with van der Waals surface area (Å²) in [6.45, 7) is 1.88. The molecule has 0 atom stereocenters. The Morgan fingerprint density at radius 3 is 2.30 bits per heavy atom. The Morgan fingerprint density at radius 2 is 2.20 bits per heavy atom. The van der Waals surface area contributed by atoms with Crippen LogP contribution in [0, 0.1) is 6.92 Å². The fourth-order valence-corrected chi connectivity index (χ4v) is 0.273. The number of hydrogen-bond acceptors (Lipinski definition) is 3. The van der Waals surface area contributed by atoms with Crippen LogP contribution in [-0.4, -0.2) is 9.86 Å². The van der Waals surface area contributed by atoms with Gasteiger partial charge in [0.25, 0.3) is 0 Å². The van der Waals surface area contributed by atoms with Gasteiger partial charge in [0.15, 0.2) is 0 Å². The topological polar surface area (TPSA) is 43.1 Å². The molecule has 1 rings (SSSR count). The van der Waals surface area contributed by atoms with Gasteiger partial charge in [0.1, 0.15) is 6.26 Å². The standard InChI is InChI=1S/C4H5NO.CCl2O/c1-4-2-3-6-5-4;2-1(3)4/h2-3H,1H3;. The van der Waals surface area contributed by atoms with Crippen LogP contribution in [-0.2, 0) is 0 Å². The molecule has 0 N–H and O–H groups in total. The van der Waals surface area contributed by atoms with E-state index in [2.05, 4.69) is 32.9 Å². The molecule has 1 heterocycles. The number of aromatic nitrogens is 1. The largest absolute Gasteiger partial charge is 0.365 e. The van der Waals surface area contributed by atoms with Crippen LogP contribution in [0.5, 0.6) is 0 Å². The van der Waals surface area contributed by atoms with Gasteiger partial charge < -0.3 is 4.52 Å². The summed E-state index contributed by atoms with van der Waals surface area (Å²) in [4.78, 5) is 8.98. The SMILES string of the molecule is Cc1ccon1.O=C(Cl)Cl. The molecule has 5 heteroatoms. The molecule has 0 unspecified atom stereocenters. The zero-order valence-corrected chi connectivity index (χ0v) is 6.69. The van der Waals surface area contributed by atoms with Crippen LogP contribution < -0.4 is 0 Å². The van der Waals surface area contributed by atoms with Gasteiger partial charge in [0, 0.05) is 6.07 Å². The molecule has 0 saturated carbocycles. The van der Waals surface area contributed by atoms with Crippen molar-refractivity contribution in [3.05, 3.63) is 18.0 Å². The molecule has 1 aromatic rings. The lowest BCUT2D eigenvalue weighted by molar-refractivity contribution is 0.275. The molecular weight excluding hydrogens is 177 g/mol. The molecule has 0 fully saturated rings. The van der Waals surface area contributed by atoms with Gasteiger partial charge in [0.2, 0.25) is 0 Å². The predicted octanol–water partition coefficient (Wildman–Crippen LogP) is 2.57. The average Bonchev–Trinajstić information content (AvgIpc) is 2.15. The number of rotatable bonds is 0. The summed E-state index contributed by atoms with van der Waals surface area (Å²) in [5.41, 5.74) is 0.926. The van der Waals surface area contributed by atoms with Gasteiger partial charge in [-0.3, -0.25) is 4.79 Å². The highest BCUT2D eigenvalue weighted by atomic mass is 35.5. The van der Waals surface area contributed by atoms with Gasteiger partial charge in [0.05, 0.1) is 5.69 Å². The third-order valence-corrected chi connectivity index (χ3v) is 0.567. The van der Waals surface area contributed by atoms with Crippen LogP contribution in [0.15, 0.2) is 16.9 Å². The first-order chi connectivity index (χ1) is 4.63. The summed E-state index contributed by atoms with van der Waals surface area (Å²) in [6, 6.07) is 1.81. The van der Waals surface area contributed by atoms with Crippen LogP contribution in [0.25, 0.3) is 0 Å². The van der Waals surface area contributed by atoms with E-state index in [1.165, 1.54) is 0 Å². The number of nitrogens with zero attached hydrogens (tertiary/aromatic N) is 1. The quantitative estimate of drug-likeness (QED) is 0.579. The molecule has 56 valence electrons. The third kappa shape index (κ3) is 7.46. The Morgan fingerprint density at radius 1 is 1.70 bits per heavy atom. The van der Waals surface area contributed by atoms with Gasteiger partial charge in [-0.05, 0) is 30.1 Å². The lowest BCUT2D eigenvalue weighted by atomic mass is 10.5. The minimum absolute atomic E-state index is 0.889. The Hall–Kier alpha value is -0.540. The Kier molecular flexibility index (Phi) is 4.98. The van der Waals surface area contributed by atoms with Crippen LogP contribution >= 0.6 is 23.2 Å². The Balaban J connectivity index is 0.000000180. The van der Waals surface area contributed by atoms with Crippen LogP contribution in [0.2, 0.25) is 0 Å². The van der Waals surface area contributed by atoms with Gasteiger partial charge >= 0.3 is 4.70 Å². The van der Waals surface area contributed by atoms with E-state index >= 15 is 0 Å². The molecule has 0 aliphatic heterocycles. The van der Waals surface area contributed by atoms with Crippen molar-refractivity contribution < 1.29 is 9.32 Å². The van der Waals surface area contributed by atoms with E-state index in [0.717, 1.165) is 5.69 Å². The Bertz CT molecular complexity index is 182. The number of hydrogen-bond donors (Lipinski definition) is 0. The fraction of sp³-hybridized carbons (Fsp3) is 0.200. The van der Waals surface area contributed by atoms with Crippen molar-refractivity contribution in [3.63, 3.8) is 0 Å². The lowest BCUT2D eigenvalue weighted by Crippen LogP contribution is -1.59. The maximum atomic E-state index is 8.98. The van der Waals surface area contributed by atoms with E-state index in [0.29, 0.717) is 0 Å². The van der Waals surface area contributed by atoms with Crippen molar-refractivity contribution in [1.29, 1.82) is 0 Å². The highest BCUT2D eigenvalue weighted by molar-refractivity contribution is 6.93. The zero-order valence-electron chi connectivity index (χ0n) is 5.17. The van der Waals surface area contributed by atoms with Crippen molar-refractivity contribution in [3.8, 4) is 0 Å². The number of aryl methyl sites for hydroxylation is 1. The number of carbonyl (C=O) groups excluding carboxylic acids is 1. The summed E-state index contributed by atoms with van der Waals surface area (Å²) >= 11 is 8.80. The monoisotopic (exact) mass is 181 g/mol. The lowest BCUT2D eigenvalue weighted by Gasteiger charge is -1.62. The van der Waals surface area contributed by atoms with Crippen molar-refractivity contribution >= 4 is 27.9 Å². The highest BCUT2D eigenvalue weighted by Gasteiger charge is 1.78. The molecule has 0 saturated heterocycles. The molecule has 10 heavy (non-hydrogen) atoms. The second kappa shape index (κ2) is 5.26. The summed E-state index contributed by atoms with van der Waals surface area (Å²) in [6.07, 6.45) is 1.55. The maximum absolute atomic E-state index is 8.98. The number of carbonyl (C=O) groups is 1. The molecule has 0 aromatic carbocycles. The van der Waals surface area contributed by atoms with Gasteiger partial charge in [-0.2, -0.15) is 0 Å². The number of halogens is 2. The van der Waals surface area contributed by atoms with E-state index in [1.54, 1.807) is 12.3 Å². The molecule has 0 aliphatic rings. The fourth-order valence-electron chi connectivity index (χ4n) is 0.273. The van der Waals surface area contributed by atoms with Gasteiger partial charge in [-0.25, -0.2) is 0 Å². The molecule has 0 radical (unpaired) electrons. The second-order valence-electron chi connectivity index (χ2n) is 1.37. The summed E-state index contributed by atoms with van der Waals surface area (Å²) < 4.78 is 3.58. The van der Waals surface area contributed by atoms with Crippen molar-refractivity contribution in [2.45, 2.75) is 6.92 Å².